The number of likely N-dealkylation sites (N-methyl/N-ethyl adjacent to an activating group) is 1. The maximum Gasteiger partial charge on any atom is 0.272 e. The van der Waals surface area contributed by atoms with Gasteiger partial charge in [-0.1, -0.05) is 18.2 Å². The van der Waals surface area contributed by atoms with Crippen molar-refractivity contribution >= 4 is 17.6 Å². The van der Waals surface area contributed by atoms with Crippen LogP contribution in [-0.4, -0.2) is 52.9 Å². The van der Waals surface area contributed by atoms with Crippen LogP contribution in [0.4, 0.5) is 10.2 Å². The van der Waals surface area contributed by atoms with E-state index in [1.54, 1.807) is 54.3 Å². The summed E-state index contributed by atoms with van der Waals surface area (Å²) < 4.78 is 27.4. The summed E-state index contributed by atoms with van der Waals surface area (Å²) in [6, 6.07) is 10.4. The van der Waals surface area contributed by atoms with Gasteiger partial charge in [0.25, 0.3) is 11.8 Å². The molecule has 4 heterocycles. The van der Waals surface area contributed by atoms with Crippen LogP contribution < -0.4 is 15.0 Å². The number of hydrogen-bond acceptors (Lipinski definition) is 6. The van der Waals surface area contributed by atoms with Gasteiger partial charge in [0, 0.05) is 18.8 Å². The molecule has 5 rings (SSSR count). The lowest BCUT2D eigenvalue weighted by molar-refractivity contribution is -0.120. The van der Waals surface area contributed by atoms with Gasteiger partial charge in [0.1, 0.15) is 24.6 Å². The Morgan fingerprint density at radius 2 is 2.09 bits per heavy atom. The molecular formula is C22H20FN5O4. The van der Waals surface area contributed by atoms with Gasteiger partial charge in [0.05, 0.1) is 18.8 Å². The maximum absolute atomic E-state index is 14.3. The van der Waals surface area contributed by atoms with Crippen LogP contribution >= 0.6 is 0 Å². The summed E-state index contributed by atoms with van der Waals surface area (Å²) in [5.74, 6) is -0.435. The molecule has 2 amide bonds. The van der Waals surface area contributed by atoms with Crippen molar-refractivity contribution in [3.63, 3.8) is 0 Å². The normalized spacial score (nSPS) is 20.1. The summed E-state index contributed by atoms with van der Waals surface area (Å²) in [4.78, 5) is 31.3. The zero-order valence-corrected chi connectivity index (χ0v) is 17.2. The lowest BCUT2D eigenvalue weighted by Gasteiger charge is -2.24. The number of aromatic nitrogens is 3. The molecule has 10 heteroatoms. The minimum absolute atomic E-state index is 0.0395. The standard InChI is InChI=1S/C22H20FN5O4/c1-27-20-18(7-4-8-24-20)32-12-16(22(27)30)25-21(29)15-11-17-19(31-10-9-28(17)26-15)13-5-2-3-6-14(13)23/h2-8,11,16,19H,9-10,12H2,1H3,(H,25,29)/t16-,19-/m0/s1. The van der Waals surface area contributed by atoms with Crippen LogP contribution in [0.1, 0.15) is 27.8 Å². The summed E-state index contributed by atoms with van der Waals surface area (Å²) in [6.07, 6.45) is 0.891. The zero-order chi connectivity index (χ0) is 22.2. The van der Waals surface area contributed by atoms with Crippen molar-refractivity contribution in [1.29, 1.82) is 0 Å². The fourth-order valence-electron chi connectivity index (χ4n) is 3.88. The molecule has 1 N–H and O–H groups in total. The van der Waals surface area contributed by atoms with Crippen LogP contribution in [0.2, 0.25) is 0 Å². The molecule has 0 bridgehead atoms. The Labute approximate surface area is 182 Å². The van der Waals surface area contributed by atoms with E-state index in [1.807, 2.05) is 0 Å². The van der Waals surface area contributed by atoms with E-state index in [0.717, 1.165) is 0 Å². The molecule has 0 fully saturated rings. The van der Waals surface area contributed by atoms with E-state index < -0.39 is 23.9 Å². The van der Waals surface area contributed by atoms with Gasteiger partial charge in [0.15, 0.2) is 17.3 Å². The van der Waals surface area contributed by atoms with Crippen molar-refractivity contribution < 1.29 is 23.5 Å². The van der Waals surface area contributed by atoms with Crippen molar-refractivity contribution in [1.82, 2.24) is 20.1 Å². The van der Waals surface area contributed by atoms with E-state index in [0.29, 0.717) is 36.0 Å². The average Bonchev–Trinajstić information content (AvgIpc) is 3.22. The molecule has 2 atom stereocenters. The van der Waals surface area contributed by atoms with Crippen LogP contribution in [0.3, 0.4) is 0 Å². The highest BCUT2D eigenvalue weighted by molar-refractivity contribution is 6.02. The molecule has 0 saturated heterocycles. The van der Waals surface area contributed by atoms with E-state index in [4.69, 9.17) is 9.47 Å². The first-order chi connectivity index (χ1) is 15.5. The number of carbonyl (C=O) groups excluding carboxylic acids is 2. The monoisotopic (exact) mass is 437 g/mol. The second-order valence-corrected chi connectivity index (χ2v) is 7.51. The molecule has 1 aromatic carbocycles. The van der Waals surface area contributed by atoms with E-state index >= 15 is 0 Å². The Bertz CT molecular complexity index is 1200. The number of fused-ring (bicyclic) bond motifs is 2. The third-order valence-corrected chi connectivity index (χ3v) is 5.50. The summed E-state index contributed by atoms with van der Waals surface area (Å²) >= 11 is 0. The molecule has 0 spiro atoms. The number of halogens is 1. The number of anilines is 1. The Kier molecular flexibility index (Phi) is 5.06. The molecule has 2 aliphatic rings. The smallest absolute Gasteiger partial charge is 0.272 e. The molecule has 32 heavy (non-hydrogen) atoms. The van der Waals surface area contributed by atoms with E-state index in [9.17, 15) is 14.0 Å². The van der Waals surface area contributed by atoms with Crippen LogP contribution in [0, 0.1) is 5.82 Å². The van der Waals surface area contributed by atoms with Crippen LogP contribution in [0.5, 0.6) is 5.75 Å². The Morgan fingerprint density at radius 1 is 1.25 bits per heavy atom. The van der Waals surface area contributed by atoms with E-state index in [2.05, 4.69) is 15.4 Å². The van der Waals surface area contributed by atoms with Gasteiger partial charge in [-0.15, -0.1) is 0 Å². The molecule has 2 aromatic heterocycles. The van der Waals surface area contributed by atoms with Gasteiger partial charge in [-0.05, 0) is 24.3 Å². The molecule has 164 valence electrons. The van der Waals surface area contributed by atoms with Gasteiger partial charge in [-0.3, -0.25) is 19.2 Å². The number of nitrogens with zero attached hydrogens (tertiary/aromatic N) is 4. The number of pyridine rings is 1. The third-order valence-electron chi connectivity index (χ3n) is 5.50. The Hall–Kier alpha value is -3.79. The zero-order valence-electron chi connectivity index (χ0n) is 17.2. The molecule has 0 saturated carbocycles. The Morgan fingerprint density at radius 3 is 2.94 bits per heavy atom. The number of carbonyl (C=O) groups is 2. The summed E-state index contributed by atoms with van der Waals surface area (Å²) in [5.41, 5.74) is 1.06. The average molecular weight is 437 g/mol. The second-order valence-electron chi connectivity index (χ2n) is 7.51. The molecular weight excluding hydrogens is 417 g/mol. The molecule has 3 aromatic rings. The number of nitrogens with one attached hydrogen (secondary N) is 1. The number of hydrogen-bond donors (Lipinski definition) is 1. The van der Waals surface area contributed by atoms with Gasteiger partial charge in [-0.2, -0.15) is 5.10 Å². The topological polar surface area (TPSA) is 98.6 Å². The van der Waals surface area contributed by atoms with E-state index in [1.165, 1.54) is 11.0 Å². The predicted molar refractivity (Wildman–Crippen MR) is 111 cm³/mol. The lowest BCUT2D eigenvalue weighted by Crippen LogP contribution is -2.49. The van der Waals surface area contributed by atoms with E-state index in [-0.39, 0.29) is 18.2 Å². The highest BCUT2D eigenvalue weighted by atomic mass is 19.1. The fraction of sp³-hybridized carbons (Fsp3) is 0.273. The lowest BCUT2D eigenvalue weighted by atomic mass is 10.0. The summed E-state index contributed by atoms with van der Waals surface area (Å²) in [6.45, 7) is 0.727. The Balaban J connectivity index is 1.37. The first-order valence-corrected chi connectivity index (χ1v) is 10.1. The highest BCUT2D eigenvalue weighted by Gasteiger charge is 2.33. The van der Waals surface area contributed by atoms with Crippen molar-refractivity contribution in [2.75, 3.05) is 25.2 Å². The van der Waals surface area contributed by atoms with Crippen molar-refractivity contribution in [2.45, 2.75) is 18.7 Å². The largest absolute Gasteiger partial charge is 0.487 e. The maximum atomic E-state index is 14.3. The molecule has 9 nitrogen and oxygen atoms in total. The van der Waals surface area contributed by atoms with Gasteiger partial charge >= 0.3 is 0 Å². The van der Waals surface area contributed by atoms with Gasteiger partial charge < -0.3 is 14.8 Å². The number of amides is 2. The SMILES string of the molecule is CN1C(=O)[C@@H](NC(=O)c2cc3n(n2)CCO[C@H]3c2ccccc2F)COc2cccnc21. The van der Waals surface area contributed by atoms with Crippen molar-refractivity contribution in [3.05, 3.63) is 71.4 Å². The minimum Gasteiger partial charge on any atom is -0.487 e. The quantitative estimate of drug-likeness (QED) is 0.670. The minimum atomic E-state index is -0.918. The predicted octanol–water partition coefficient (Wildman–Crippen LogP) is 1.69. The molecule has 0 aliphatic carbocycles. The molecule has 0 unspecified atom stereocenters. The fourth-order valence-corrected chi connectivity index (χ4v) is 3.88. The number of rotatable bonds is 3. The first-order valence-electron chi connectivity index (χ1n) is 10.1. The van der Waals surface area contributed by atoms with Crippen molar-refractivity contribution in [3.8, 4) is 5.75 Å². The van der Waals surface area contributed by atoms with Gasteiger partial charge in [-0.25, -0.2) is 9.37 Å². The van der Waals surface area contributed by atoms with Crippen LogP contribution in [-0.2, 0) is 16.1 Å². The summed E-state index contributed by atoms with van der Waals surface area (Å²) in [7, 11) is 1.58. The van der Waals surface area contributed by atoms with Crippen LogP contribution in [0.15, 0.2) is 48.7 Å². The first kappa shape index (κ1) is 20.1. The molecule has 0 radical (unpaired) electrons. The van der Waals surface area contributed by atoms with Gasteiger partial charge in [0.2, 0.25) is 0 Å². The summed E-state index contributed by atoms with van der Waals surface area (Å²) in [5, 5.41) is 7.04. The highest BCUT2D eigenvalue weighted by Crippen LogP contribution is 2.31. The second kappa shape index (κ2) is 8.04. The molecule has 2 aliphatic heterocycles. The van der Waals surface area contributed by atoms with Crippen molar-refractivity contribution in [2.24, 2.45) is 0 Å². The third kappa shape index (κ3) is 3.48. The van der Waals surface area contributed by atoms with Crippen LogP contribution in [0.25, 0.3) is 0 Å². The number of benzene rings is 1. The number of ether oxygens (including phenoxy) is 2.